The zero-order valence-electron chi connectivity index (χ0n) is 36.5. The number of para-hydroxylation sites is 3. The predicted octanol–water partition coefficient (Wildman–Crippen LogP) is 17.3. The van der Waals surface area contributed by atoms with Gasteiger partial charge in [0.1, 0.15) is 22.3 Å². The van der Waals surface area contributed by atoms with Crippen LogP contribution >= 0.6 is 11.3 Å². The van der Waals surface area contributed by atoms with Crippen molar-refractivity contribution < 1.29 is 8.83 Å². The van der Waals surface area contributed by atoms with Crippen molar-refractivity contribution in [1.29, 1.82) is 0 Å². The largest absolute Gasteiger partial charge is 0.456 e. The van der Waals surface area contributed by atoms with Crippen LogP contribution < -0.4 is 0 Å². The van der Waals surface area contributed by atoms with Crippen molar-refractivity contribution in [1.82, 2.24) is 4.57 Å². The van der Waals surface area contributed by atoms with E-state index >= 15 is 0 Å². The molecule has 318 valence electrons. The quantitative estimate of drug-likeness (QED) is 0.177. The molecule has 6 heteroatoms. The molecule has 5 heterocycles. The maximum absolute atomic E-state index is 6.92. The Labute approximate surface area is 392 Å². The van der Waals surface area contributed by atoms with Gasteiger partial charge in [-0.2, -0.15) is 0 Å². The molecule has 14 aromatic rings. The first kappa shape index (κ1) is 37.6. The maximum atomic E-state index is 6.92. The van der Waals surface area contributed by atoms with Crippen molar-refractivity contribution in [3.05, 3.63) is 217 Å². The van der Waals surface area contributed by atoms with Crippen LogP contribution in [0.15, 0.2) is 219 Å². The molecular weight excluding hydrogens is 851 g/mol. The van der Waals surface area contributed by atoms with Crippen molar-refractivity contribution in [2.45, 2.75) is 12.8 Å². The molecule has 0 aliphatic carbocycles. The van der Waals surface area contributed by atoms with Crippen LogP contribution in [-0.4, -0.2) is 16.1 Å². The number of furan rings is 2. The van der Waals surface area contributed by atoms with Crippen LogP contribution in [0.2, 0.25) is 0 Å². The van der Waals surface area contributed by atoms with E-state index in [0.717, 1.165) is 106 Å². The van der Waals surface area contributed by atoms with Gasteiger partial charge >= 0.3 is 0 Å². The van der Waals surface area contributed by atoms with Crippen molar-refractivity contribution in [2.24, 2.45) is 9.98 Å². The highest BCUT2D eigenvalue weighted by Gasteiger charge is 2.27. The van der Waals surface area contributed by atoms with Crippen LogP contribution in [-0.2, 0) is 0 Å². The number of amidine groups is 1. The monoisotopic (exact) mass is 887 g/mol. The summed E-state index contributed by atoms with van der Waals surface area (Å²) < 4.78 is 18.6. The summed E-state index contributed by atoms with van der Waals surface area (Å²) in [5.74, 6) is 0.611. The normalized spacial score (nSPS) is 16.0. The van der Waals surface area contributed by atoms with Gasteiger partial charge in [0.15, 0.2) is 5.84 Å². The van der Waals surface area contributed by atoms with Gasteiger partial charge in [-0.3, -0.25) is 0 Å². The summed E-state index contributed by atoms with van der Waals surface area (Å²) in [4.78, 5) is 11.8. The number of hydrogen-bond donors (Lipinski definition) is 0. The Hall–Kier alpha value is -8.58. The van der Waals surface area contributed by atoms with Crippen molar-refractivity contribution in [2.75, 3.05) is 0 Å². The molecule has 10 aromatic carbocycles. The van der Waals surface area contributed by atoms with Gasteiger partial charge in [-0.25, -0.2) is 9.98 Å². The van der Waals surface area contributed by atoms with Gasteiger partial charge in [0.05, 0.1) is 33.7 Å². The van der Waals surface area contributed by atoms with E-state index in [1.165, 1.54) is 41.7 Å². The fourth-order valence-electron chi connectivity index (χ4n) is 11.0. The SMILES string of the molecule is C1=C(c2cccc3c2sc2ccccc23)/N=C(c2c(-n3c4ccccc4c4cc5ccccc5cc43)ccc3oc4cc5ccccc5cc4c23)\N=C(\c2cccc3c2oc2ccccc23)CC\1. The lowest BCUT2D eigenvalue weighted by Gasteiger charge is -2.18. The summed E-state index contributed by atoms with van der Waals surface area (Å²) in [5, 5.41) is 13.6. The standard InChI is InChI=1S/C62H37N3O2S/c1-3-16-38-34-53-47(32-36(38)14-1)40-18-5-8-27-51(40)65(53)52-30-31-55-58(48-33-37-15-2-4-17-39(37)35-56(48)66-55)59(52)62-63-49(45-23-11-21-43-41-19-6-9-28-54(41)67-60(43)45)25-13-26-50(64-62)46-24-12-22-44-42-20-7-10-29-57(42)68-61(44)46/h1-12,14-24,26-35H,13,25H2/b50-26-,63-49+,64-62-. The number of allylic oxidation sites excluding steroid dienone is 1. The van der Waals surface area contributed by atoms with Crippen LogP contribution in [0.1, 0.15) is 29.5 Å². The van der Waals surface area contributed by atoms with Gasteiger partial charge in [0.25, 0.3) is 0 Å². The second-order valence-electron chi connectivity index (χ2n) is 17.9. The van der Waals surface area contributed by atoms with E-state index < -0.39 is 0 Å². The molecule has 0 spiro atoms. The molecule has 0 amide bonds. The van der Waals surface area contributed by atoms with Gasteiger partial charge in [-0.05, 0) is 95.1 Å². The molecule has 68 heavy (non-hydrogen) atoms. The summed E-state index contributed by atoms with van der Waals surface area (Å²) in [5.41, 5.74) is 11.2. The minimum atomic E-state index is 0.611. The highest BCUT2D eigenvalue weighted by atomic mass is 32.1. The van der Waals surface area contributed by atoms with Crippen molar-refractivity contribution >= 4 is 136 Å². The Morgan fingerprint density at radius 2 is 1.13 bits per heavy atom. The van der Waals surface area contributed by atoms with Crippen LogP contribution in [0.5, 0.6) is 0 Å². The fourth-order valence-corrected chi connectivity index (χ4v) is 12.2. The van der Waals surface area contributed by atoms with Crippen LogP contribution in [0.25, 0.3) is 119 Å². The van der Waals surface area contributed by atoms with Gasteiger partial charge in [-0.1, -0.05) is 140 Å². The lowest BCUT2D eigenvalue weighted by Crippen LogP contribution is -2.12. The number of hydrogen-bond acceptors (Lipinski definition) is 5. The smallest absolute Gasteiger partial charge is 0.162 e. The minimum absolute atomic E-state index is 0.611. The lowest BCUT2D eigenvalue weighted by atomic mass is 9.98. The van der Waals surface area contributed by atoms with Crippen molar-refractivity contribution in [3.8, 4) is 5.69 Å². The van der Waals surface area contributed by atoms with Gasteiger partial charge < -0.3 is 13.4 Å². The number of nitrogens with zero attached hydrogens (tertiary/aromatic N) is 3. The molecular formula is C62H37N3O2S. The summed E-state index contributed by atoms with van der Waals surface area (Å²) in [6.07, 6.45) is 3.73. The molecule has 4 aromatic heterocycles. The number of rotatable bonds is 4. The van der Waals surface area contributed by atoms with Gasteiger partial charge in [-0.15, -0.1) is 11.3 Å². The molecule has 0 atom stereocenters. The van der Waals surface area contributed by atoms with Gasteiger partial charge in [0.2, 0.25) is 0 Å². The molecule has 0 radical (unpaired) electrons. The minimum Gasteiger partial charge on any atom is -0.456 e. The third-order valence-electron chi connectivity index (χ3n) is 14.1. The first-order chi connectivity index (χ1) is 33.7. The van der Waals surface area contributed by atoms with E-state index in [1.807, 2.05) is 23.5 Å². The Morgan fingerprint density at radius 1 is 0.456 bits per heavy atom. The van der Waals surface area contributed by atoms with Crippen LogP contribution in [0.3, 0.4) is 0 Å². The molecule has 0 bridgehead atoms. The number of benzene rings is 10. The first-order valence-corrected chi connectivity index (χ1v) is 24.0. The van der Waals surface area contributed by atoms with E-state index in [9.17, 15) is 0 Å². The summed E-state index contributed by atoms with van der Waals surface area (Å²) in [7, 11) is 0. The van der Waals surface area contributed by atoms with Gasteiger partial charge in [0, 0.05) is 63.6 Å². The Balaban J connectivity index is 1.10. The van der Waals surface area contributed by atoms with E-state index in [4.69, 9.17) is 18.8 Å². The molecule has 0 N–H and O–H groups in total. The molecule has 0 unspecified atom stereocenters. The average molecular weight is 888 g/mol. The molecule has 5 nitrogen and oxygen atoms in total. The number of aromatic nitrogens is 1. The van der Waals surface area contributed by atoms with Crippen LogP contribution in [0.4, 0.5) is 0 Å². The molecule has 1 aliphatic rings. The molecule has 15 rings (SSSR count). The maximum Gasteiger partial charge on any atom is 0.162 e. The highest BCUT2D eigenvalue weighted by molar-refractivity contribution is 7.26. The summed E-state index contributed by atoms with van der Waals surface area (Å²) in [6.45, 7) is 0. The average Bonchev–Trinajstić information content (AvgIpc) is 4.14. The summed E-state index contributed by atoms with van der Waals surface area (Å²) >= 11 is 1.83. The first-order valence-electron chi connectivity index (χ1n) is 23.2. The molecule has 0 fully saturated rings. The Bertz CT molecular complexity index is 4570. The third-order valence-corrected chi connectivity index (χ3v) is 15.3. The molecule has 1 aliphatic heterocycles. The van der Waals surface area contributed by atoms with E-state index in [2.05, 4.69) is 193 Å². The Kier molecular flexibility index (Phi) is 8.00. The zero-order chi connectivity index (χ0) is 44.5. The lowest BCUT2D eigenvalue weighted by molar-refractivity contribution is 0.667. The van der Waals surface area contributed by atoms with E-state index in [0.29, 0.717) is 12.3 Å². The number of fused-ring (bicyclic) bond motifs is 14. The molecule has 0 saturated carbocycles. The fraction of sp³-hybridized carbons (Fsp3) is 0.0323. The zero-order valence-corrected chi connectivity index (χ0v) is 37.3. The van der Waals surface area contributed by atoms with Crippen LogP contribution in [0, 0.1) is 0 Å². The third kappa shape index (κ3) is 5.55. The number of aliphatic imine (C=N–C) groups is 2. The van der Waals surface area contributed by atoms with Crippen molar-refractivity contribution in [3.63, 3.8) is 0 Å². The number of thiophene rings is 1. The predicted molar refractivity (Wildman–Crippen MR) is 286 cm³/mol. The van der Waals surface area contributed by atoms with E-state index in [1.54, 1.807) is 0 Å². The second kappa shape index (κ2) is 14.5. The summed E-state index contributed by atoms with van der Waals surface area (Å²) in [6, 6.07) is 69.4. The highest BCUT2D eigenvalue weighted by Crippen LogP contribution is 2.44. The molecule has 0 saturated heterocycles. The van der Waals surface area contributed by atoms with E-state index in [-0.39, 0.29) is 0 Å². The Morgan fingerprint density at radius 3 is 1.99 bits per heavy atom. The topological polar surface area (TPSA) is 55.9 Å². The second-order valence-corrected chi connectivity index (χ2v) is 18.9.